The lowest BCUT2D eigenvalue weighted by molar-refractivity contribution is 0.00924. The molecule has 1 aromatic carbocycles. The van der Waals surface area contributed by atoms with Crippen LogP contribution in [0.4, 0.5) is 5.69 Å². The SMILES string of the molecule is CCOc1ccccc1N(C)CC(O)COC(C)C. The molecule has 0 fully saturated rings. The van der Waals surface area contributed by atoms with Crippen LogP contribution in [0.15, 0.2) is 24.3 Å². The fraction of sp³-hybridized carbons (Fsp3) is 0.600. The molecule has 0 saturated carbocycles. The van der Waals surface area contributed by atoms with Gasteiger partial charge in [-0.25, -0.2) is 0 Å². The maximum absolute atomic E-state index is 9.94. The molecule has 1 atom stereocenters. The zero-order chi connectivity index (χ0) is 14.3. The van der Waals surface area contributed by atoms with E-state index in [0.717, 1.165) is 11.4 Å². The van der Waals surface area contributed by atoms with Crippen LogP contribution in [0.2, 0.25) is 0 Å². The first-order chi connectivity index (χ1) is 9.04. The molecule has 0 aliphatic heterocycles. The number of anilines is 1. The molecule has 0 heterocycles. The lowest BCUT2D eigenvalue weighted by Gasteiger charge is -2.25. The van der Waals surface area contributed by atoms with Gasteiger partial charge in [-0.3, -0.25) is 0 Å². The molecule has 0 spiro atoms. The Morgan fingerprint density at radius 2 is 1.95 bits per heavy atom. The zero-order valence-electron chi connectivity index (χ0n) is 12.3. The summed E-state index contributed by atoms with van der Waals surface area (Å²) in [5.41, 5.74) is 0.980. The number of rotatable bonds is 8. The van der Waals surface area contributed by atoms with Gasteiger partial charge in [-0.15, -0.1) is 0 Å². The molecule has 0 amide bonds. The predicted molar refractivity (Wildman–Crippen MR) is 78.0 cm³/mol. The molecule has 108 valence electrons. The second-order valence-electron chi connectivity index (χ2n) is 4.82. The van der Waals surface area contributed by atoms with Crippen LogP contribution >= 0.6 is 0 Å². The summed E-state index contributed by atoms with van der Waals surface area (Å²) >= 11 is 0. The van der Waals surface area contributed by atoms with Crippen LogP contribution in [0.25, 0.3) is 0 Å². The van der Waals surface area contributed by atoms with Gasteiger partial charge in [-0.2, -0.15) is 0 Å². The van der Waals surface area contributed by atoms with Gasteiger partial charge >= 0.3 is 0 Å². The lowest BCUT2D eigenvalue weighted by atomic mass is 10.2. The third-order valence-electron chi connectivity index (χ3n) is 2.68. The van der Waals surface area contributed by atoms with Crippen LogP contribution in [-0.4, -0.2) is 44.1 Å². The fourth-order valence-electron chi connectivity index (χ4n) is 1.82. The Morgan fingerprint density at radius 1 is 1.26 bits per heavy atom. The topological polar surface area (TPSA) is 41.9 Å². The largest absolute Gasteiger partial charge is 0.492 e. The highest BCUT2D eigenvalue weighted by atomic mass is 16.5. The smallest absolute Gasteiger partial charge is 0.142 e. The number of ether oxygens (including phenoxy) is 2. The van der Waals surface area contributed by atoms with Crippen LogP contribution in [0.5, 0.6) is 5.75 Å². The molecular formula is C15H25NO3. The van der Waals surface area contributed by atoms with E-state index >= 15 is 0 Å². The second kappa shape index (κ2) is 8.02. The van der Waals surface area contributed by atoms with E-state index in [1.807, 2.05) is 57.0 Å². The van der Waals surface area contributed by atoms with Gasteiger partial charge < -0.3 is 19.5 Å². The van der Waals surface area contributed by atoms with Crippen molar-refractivity contribution in [3.05, 3.63) is 24.3 Å². The van der Waals surface area contributed by atoms with E-state index in [-0.39, 0.29) is 6.10 Å². The van der Waals surface area contributed by atoms with Crippen molar-refractivity contribution in [2.45, 2.75) is 33.0 Å². The van der Waals surface area contributed by atoms with Crippen molar-refractivity contribution in [2.24, 2.45) is 0 Å². The molecular weight excluding hydrogens is 242 g/mol. The number of hydrogen-bond acceptors (Lipinski definition) is 4. The molecule has 1 rings (SSSR count). The quantitative estimate of drug-likeness (QED) is 0.785. The molecule has 1 unspecified atom stereocenters. The number of para-hydroxylation sites is 2. The number of aliphatic hydroxyl groups excluding tert-OH is 1. The van der Waals surface area contributed by atoms with Gasteiger partial charge in [-0.1, -0.05) is 12.1 Å². The Labute approximate surface area is 115 Å². The third kappa shape index (κ3) is 5.49. The van der Waals surface area contributed by atoms with Crippen molar-refractivity contribution in [3.63, 3.8) is 0 Å². The van der Waals surface area contributed by atoms with E-state index < -0.39 is 6.10 Å². The highest BCUT2D eigenvalue weighted by Crippen LogP contribution is 2.27. The number of hydrogen-bond donors (Lipinski definition) is 1. The standard InChI is InChI=1S/C15H25NO3/c1-5-18-15-9-7-6-8-14(15)16(4)10-13(17)11-19-12(2)3/h6-9,12-13,17H,5,10-11H2,1-4H3. The zero-order valence-corrected chi connectivity index (χ0v) is 12.3. The van der Waals surface area contributed by atoms with E-state index in [0.29, 0.717) is 19.8 Å². The number of aliphatic hydroxyl groups is 1. The summed E-state index contributed by atoms with van der Waals surface area (Å²) in [5.74, 6) is 0.837. The van der Waals surface area contributed by atoms with Crippen LogP contribution < -0.4 is 9.64 Å². The molecule has 1 N–H and O–H groups in total. The van der Waals surface area contributed by atoms with Gasteiger partial charge in [0.1, 0.15) is 5.75 Å². The van der Waals surface area contributed by atoms with Crippen molar-refractivity contribution >= 4 is 5.69 Å². The van der Waals surface area contributed by atoms with Crippen LogP contribution in [0, 0.1) is 0 Å². The number of likely N-dealkylation sites (N-methyl/N-ethyl adjacent to an activating group) is 1. The first kappa shape index (κ1) is 15.8. The monoisotopic (exact) mass is 267 g/mol. The predicted octanol–water partition coefficient (Wildman–Crippen LogP) is 2.31. The minimum atomic E-state index is -0.512. The van der Waals surface area contributed by atoms with Crippen molar-refractivity contribution in [1.29, 1.82) is 0 Å². The summed E-state index contributed by atoms with van der Waals surface area (Å²) in [7, 11) is 1.94. The number of benzene rings is 1. The summed E-state index contributed by atoms with van der Waals surface area (Å²) < 4.78 is 11.0. The molecule has 0 aliphatic rings. The minimum absolute atomic E-state index is 0.135. The first-order valence-corrected chi connectivity index (χ1v) is 6.77. The fourth-order valence-corrected chi connectivity index (χ4v) is 1.82. The molecule has 1 aromatic rings. The molecule has 0 aromatic heterocycles. The third-order valence-corrected chi connectivity index (χ3v) is 2.68. The highest BCUT2D eigenvalue weighted by molar-refractivity contribution is 5.57. The molecule has 0 radical (unpaired) electrons. The Hall–Kier alpha value is -1.26. The molecule has 0 saturated heterocycles. The van der Waals surface area contributed by atoms with Crippen molar-refractivity contribution in [2.75, 3.05) is 31.7 Å². The normalized spacial score (nSPS) is 12.5. The summed E-state index contributed by atoms with van der Waals surface area (Å²) in [6.45, 7) is 7.36. The highest BCUT2D eigenvalue weighted by Gasteiger charge is 2.13. The van der Waals surface area contributed by atoms with Crippen molar-refractivity contribution < 1.29 is 14.6 Å². The van der Waals surface area contributed by atoms with E-state index in [9.17, 15) is 5.11 Å². The molecule has 0 bridgehead atoms. The number of nitrogens with zero attached hydrogens (tertiary/aromatic N) is 1. The molecule has 4 nitrogen and oxygen atoms in total. The van der Waals surface area contributed by atoms with Crippen LogP contribution in [-0.2, 0) is 4.74 Å². The second-order valence-corrected chi connectivity index (χ2v) is 4.82. The summed E-state index contributed by atoms with van der Waals surface area (Å²) in [4.78, 5) is 1.99. The van der Waals surface area contributed by atoms with E-state index in [1.54, 1.807) is 0 Å². The minimum Gasteiger partial charge on any atom is -0.492 e. The van der Waals surface area contributed by atoms with E-state index in [2.05, 4.69) is 0 Å². The first-order valence-electron chi connectivity index (χ1n) is 6.77. The lowest BCUT2D eigenvalue weighted by Crippen LogP contribution is -2.33. The maximum atomic E-state index is 9.94. The van der Waals surface area contributed by atoms with Crippen molar-refractivity contribution in [3.8, 4) is 5.75 Å². The van der Waals surface area contributed by atoms with Gasteiger partial charge in [0.05, 0.1) is 31.1 Å². The maximum Gasteiger partial charge on any atom is 0.142 e. The summed E-state index contributed by atoms with van der Waals surface area (Å²) in [6, 6.07) is 7.83. The average Bonchev–Trinajstić information content (AvgIpc) is 2.37. The van der Waals surface area contributed by atoms with E-state index in [4.69, 9.17) is 9.47 Å². The van der Waals surface area contributed by atoms with Gasteiger partial charge in [0.2, 0.25) is 0 Å². The van der Waals surface area contributed by atoms with E-state index in [1.165, 1.54) is 0 Å². The summed E-state index contributed by atoms with van der Waals surface area (Å²) in [5, 5.41) is 9.94. The van der Waals surface area contributed by atoms with Gasteiger partial charge in [-0.05, 0) is 32.9 Å². The van der Waals surface area contributed by atoms with Gasteiger partial charge in [0, 0.05) is 13.6 Å². The molecule has 4 heteroatoms. The van der Waals surface area contributed by atoms with Crippen molar-refractivity contribution in [1.82, 2.24) is 0 Å². The Kier molecular flexibility index (Phi) is 6.67. The Balaban J connectivity index is 2.59. The molecule has 0 aliphatic carbocycles. The summed E-state index contributed by atoms with van der Waals surface area (Å²) in [6.07, 6.45) is -0.377. The average molecular weight is 267 g/mol. The van der Waals surface area contributed by atoms with Gasteiger partial charge in [0.15, 0.2) is 0 Å². The van der Waals surface area contributed by atoms with Crippen LogP contribution in [0.3, 0.4) is 0 Å². The Bertz CT molecular complexity index is 368. The molecule has 19 heavy (non-hydrogen) atoms. The van der Waals surface area contributed by atoms with Crippen LogP contribution in [0.1, 0.15) is 20.8 Å². The van der Waals surface area contributed by atoms with Gasteiger partial charge in [0.25, 0.3) is 0 Å². The Morgan fingerprint density at radius 3 is 2.58 bits per heavy atom.